The summed E-state index contributed by atoms with van der Waals surface area (Å²) < 4.78 is 10.9. The zero-order valence-corrected chi connectivity index (χ0v) is 15.9. The number of benzene rings is 1. The van der Waals surface area contributed by atoms with Crippen molar-refractivity contribution in [3.05, 3.63) is 29.3 Å². The number of carbonyl (C=O) groups excluding carboxylic acids is 2. The molecular formula is C18H25ClN2O4. The summed E-state index contributed by atoms with van der Waals surface area (Å²) in [6.07, 6.45) is -0.0530. The fourth-order valence-electron chi connectivity index (χ4n) is 2.60. The zero-order chi connectivity index (χ0) is 18.7. The highest BCUT2D eigenvalue weighted by Crippen LogP contribution is 2.23. The Labute approximate surface area is 153 Å². The molecule has 138 valence electrons. The van der Waals surface area contributed by atoms with E-state index in [-0.39, 0.29) is 5.91 Å². The highest BCUT2D eigenvalue weighted by molar-refractivity contribution is 6.30. The third kappa shape index (κ3) is 5.53. The average molecular weight is 369 g/mol. The number of nitrogens with zero attached hydrogens (tertiary/aromatic N) is 1. The molecule has 2 rings (SSSR count). The zero-order valence-electron chi connectivity index (χ0n) is 15.1. The van der Waals surface area contributed by atoms with Crippen molar-refractivity contribution < 1.29 is 19.1 Å². The second-order valence-corrected chi connectivity index (χ2v) is 7.74. The summed E-state index contributed by atoms with van der Waals surface area (Å²) in [4.78, 5) is 26.2. The third-order valence-corrected chi connectivity index (χ3v) is 4.08. The van der Waals surface area contributed by atoms with Crippen molar-refractivity contribution in [2.24, 2.45) is 0 Å². The molecule has 0 radical (unpaired) electrons. The van der Waals surface area contributed by atoms with Crippen molar-refractivity contribution in [3.8, 4) is 5.75 Å². The molecule has 1 aromatic rings. The molecule has 1 heterocycles. The summed E-state index contributed by atoms with van der Waals surface area (Å²) in [5.74, 6) is 0.529. The quantitative estimate of drug-likeness (QED) is 0.866. The lowest BCUT2D eigenvalue weighted by Crippen LogP contribution is -2.53. The number of halogens is 1. The van der Waals surface area contributed by atoms with Crippen molar-refractivity contribution in [2.45, 2.75) is 45.3 Å². The highest BCUT2D eigenvalue weighted by atomic mass is 35.5. The molecule has 0 aromatic heterocycles. The van der Waals surface area contributed by atoms with Gasteiger partial charge in [-0.25, -0.2) is 4.79 Å². The Hall–Kier alpha value is -1.95. The van der Waals surface area contributed by atoms with Crippen molar-refractivity contribution >= 4 is 23.6 Å². The third-order valence-electron chi connectivity index (χ3n) is 3.84. The molecule has 1 N–H and O–H groups in total. The maximum atomic E-state index is 12.6. The molecule has 6 nitrogen and oxygen atoms in total. The molecule has 1 fully saturated rings. The first kappa shape index (κ1) is 19.4. The number of carbonyl (C=O) groups is 2. The molecule has 2 amide bonds. The van der Waals surface area contributed by atoms with E-state index in [0.717, 1.165) is 0 Å². The normalized spacial score (nSPS) is 20.5. The van der Waals surface area contributed by atoms with Crippen LogP contribution in [0.2, 0.25) is 5.02 Å². The SMILES string of the molecule is CC(C)(C)OC(=O)NC1(C)CCN(CCOc2cccc(Cl)c2)C1=O. The van der Waals surface area contributed by atoms with Crippen LogP contribution in [-0.4, -0.2) is 47.7 Å². The minimum atomic E-state index is -0.946. The predicted octanol–water partition coefficient (Wildman–Crippen LogP) is 3.23. The molecular weight excluding hydrogens is 344 g/mol. The Kier molecular flexibility index (Phi) is 5.83. The van der Waals surface area contributed by atoms with Crippen molar-refractivity contribution in [2.75, 3.05) is 19.7 Å². The smallest absolute Gasteiger partial charge is 0.408 e. The number of alkyl carbamates (subject to hydrolysis) is 1. The lowest BCUT2D eigenvalue weighted by molar-refractivity contribution is -0.133. The number of nitrogens with one attached hydrogen (secondary N) is 1. The molecule has 1 unspecified atom stereocenters. The van der Waals surface area contributed by atoms with Crippen LogP contribution in [0.15, 0.2) is 24.3 Å². The lowest BCUT2D eigenvalue weighted by Gasteiger charge is -2.27. The molecule has 0 aliphatic carbocycles. The van der Waals surface area contributed by atoms with Crippen molar-refractivity contribution in [1.82, 2.24) is 10.2 Å². The molecule has 0 spiro atoms. The fraction of sp³-hybridized carbons (Fsp3) is 0.556. The minimum absolute atomic E-state index is 0.131. The molecule has 7 heteroatoms. The van der Waals surface area contributed by atoms with Crippen molar-refractivity contribution in [3.63, 3.8) is 0 Å². The average Bonchev–Trinajstić information content (AvgIpc) is 2.73. The second kappa shape index (κ2) is 7.52. The van der Waals surface area contributed by atoms with Gasteiger partial charge in [-0.2, -0.15) is 0 Å². The molecule has 1 aliphatic rings. The van der Waals surface area contributed by atoms with Gasteiger partial charge in [0.2, 0.25) is 5.91 Å². The van der Waals surface area contributed by atoms with E-state index in [2.05, 4.69) is 5.32 Å². The number of ether oxygens (including phenoxy) is 2. The van der Waals surface area contributed by atoms with E-state index in [1.54, 1.807) is 50.8 Å². The van der Waals surface area contributed by atoms with E-state index in [1.807, 2.05) is 6.07 Å². The Morgan fingerprint density at radius 3 is 2.76 bits per heavy atom. The highest BCUT2D eigenvalue weighted by Gasteiger charge is 2.44. The van der Waals surface area contributed by atoms with Gasteiger partial charge in [-0.1, -0.05) is 17.7 Å². The Bertz CT molecular complexity index is 644. The Morgan fingerprint density at radius 2 is 2.12 bits per heavy atom. The molecule has 1 aliphatic heterocycles. The van der Waals surface area contributed by atoms with Gasteiger partial charge in [0.1, 0.15) is 23.5 Å². The summed E-state index contributed by atoms with van der Waals surface area (Å²) in [5, 5.41) is 3.30. The first-order valence-electron chi connectivity index (χ1n) is 8.28. The second-order valence-electron chi connectivity index (χ2n) is 7.31. The van der Waals surface area contributed by atoms with Crippen LogP contribution in [0.3, 0.4) is 0 Å². The Morgan fingerprint density at radius 1 is 1.40 bits per heavy atom. The molecule has 0 saturated carbocycles. The first-order valence-corrected chi connectivity index (χ1v) is 8.66. The maximum absolute atomic E-state index is 12.6. The van der Waals surface area contributed by atoms with Gasteiger partial charge in [0.15, 0.2) is 0 Å². The van der Waals surface area contributed by atoms with Crippen LogP contribution in [-0.2, 0) is 9.53 Å². The van der Waals surface area contributed by atoms with E-state index in [0.29, 0.717) is 36.9 Å². The number of hydrogen-bond acceptors (Lipinski definition) is 4. The van der Waals surface area contributed by atoms with Gasteiger partial charge in [-0.3, -0.25) is 4.79 Å². The monoisotopic (exact) mass is 368 g/mol. The van der Waals surface area contributed by atoms with Gasteiger partial charge in [0.25, 0.3) is 0 Å². The van der Waals surface area contributed by atoms with Gasteiger partial charge in [-0.05, 0) is 52.3 Å². The van der Waals surface area contributed by atoms with Crippen LogP contribution in [0.25, 0.3) is 0 Å². The van der Waals surface area contributed by atoms with Gasteiger partial charge in [-0.15, -0.1) is 0 Å². The molecule has 25 heavy (non-hydrogen) atoms. The predicted molar refractivity (Wildman–Crippen MR) is 95.9 cm³/mol. The van der Waals surface area contributed by atoms with Crippen LogP contribution in [0.5, 0.6) is 5.75 Å². The van der Waals surface area contributed by atoms with Crippen LogP contribution < -0.4 is 10.1 Å². The summed E-state index contributed by atoms with van der Waals surface area (Å²) in [7, 11) is 0. The van der Waals surface area contributed by atoms with E-state index < -0.39 is 17.2 Å². The van der Waals surface area contributed by atoms with E-state index in [4.69, 9.17) is 21.1 Å². The van der Waals surface area contributed by atoms with Crippen LogP contribution in [0, 0.1) is 0 Å². The summed E-state index contributed by atoms with van der Waals surface area (Å²) in [6.45, 7) is 8.42. The Balaban J connectivity index is 1.84. The summed E-state index contributed by atoms with van der Waals surface area (Å²) >= 11 is 5.91. The largest absolute Gasteiger partial charge is 0.492 e. The van der Waals surface area contributed by atoms with Crippen LogP contribution in [0.4, 0.5) is 4.79 Å². The van der Waals surface area contributed by atoms with Gasteiger partial charge in [0.05, 0.1) is 6.54 Å². The number of rotatable bonds is 5. The summed E-state index contributed by atoms with van der Waals surface area (Å²) in [5.41, 5.74) is -1.55. The number of likely N-dealkylation sites (tertiary alicyclic amines) is 1. The number of amides is 2. The standard InChI is InChI=1S/C18H25ClN2O4/c1-17(2,3)25-16(23)20-18(4)8-9-21(15(18)22)10-11-24-14-7-5-6-13(19)12-14/h5-7,12H,8-11H2,1-4H3,(H,20,23). The molecule has 0 bridgehead atoms. The fourth-order valence-corrected chi connectivity index (χ4v) is 2.78. The molecule has 1 aromatic carbocycles. The lowest BCUT2D eigenvalue weighted by atomic mass is 10.0. The van der Waals surface area contributed by atoms with E-state index >= 15 is 0 Å². The van der Waals surface area contributed by atoms with Crippen molar-refractivity contribution in [1.29, 1.82) is 0 Å². The van der Waals surface area contributed by atoms with Gasteiger partial charge in [0, 0.05) is 11.6 Å². The summed E-state index contributed by atoms with van der Waals surface area (Å²) in [6, 6.07) is 7.11. The van der Waals surface area contributed by atoms with E-state index in [9.17, 15) is 9.59 Å². The number of hydrogen-bond donors (Lipinski definition) is 1. The molecule has 1 saturated heterocycles. The maximum Gasteiger partial charge on any atom is 0.408 e. The van der Waals surface area contributed by atoms with Gasteiger partial charge >= 0.3 is 6.09 Å². The topological polar surface area (TPSA) is 67.9 Å². The van der Waals surface area contributed by atoms with Crippen LogP contribution >= 0.6 is 11.6 Å². The van der Waals surface area contributed by atoms with Gasteiger partial charge < -0.3 is 19.7 Å². The minimum Gasteiger partial charge on any atom is -0.492 e. The van der Waals surface area contributed by atoms with Crippen LogP contribution in [0.1, 0.15) is 34.1 Å². The first-order chi connectivity index (χ1) is 11.6. The van der Waals surface area contributed by atoms with E-state index in [1.165, 1.54) is 0 Å². The molecule has 1 atom stereocenters.